The van der Waals surface area contributed by atoms with Crippen LogP contribution < -0.4 is 10.6 Å². The van der Waals surface area contributed by atoms with Crippen molar-refractivity contribution in [3.8, 4) is 6.07 Å². The molecule has 0 unspecified atom stereocenters. The molecule has 0 spiro atoms. The third-order valence-corrected chi connectivity index (χ3v) is 7.18. The van der Waals surface area contributed by atoms with Crippen LogP contribution in [0.5, 0.6) is 0 Å². The molecule has 1 saturated carbocycles. The Morgan fingerprint density at radius 2 is 1.81 bits per heavy atom. The number of rotatable bonds is 8. The number of nitrogens with one attached hydrogen (secondary N) is 2. The molecular weight excluding hydrogens is 460 g/mol. The Bertz CT molecular complexity index is 1080. The summed E-state index contributed by atoms with van der Waals surface area (Å²) in [7, 11) is 0. The van der Waals surface area contributed by atoms with Gasteiger partial charge in [-0.05, 0) is 66.3 Å². The van der Waals surface area contributed by atoms with E-state index in [2.05, 4.69) is 55.7 Å². The number of benzene rings is 2. The van der Waals surface area contributed by atoms with E-state index in [1.807, 2.05) is 6.07 Å². The molecule has 3 N–H and O–H groups in total. The quantitative estimate of drug-likeness (QED) is 0.486. The molecule has 1 aliphatic carbocycles. The van der Waals surface area contributed by atoms with Crippen molar-refractivity contribution in [2.75, 3.05) is 6.54 Å². The molecule has 3 rings (SSSR count). The predicted molar refractivity (Wildman–Crippen MR) is 136 cm³/mol. The van der Waals surface area contributed by atoms with Crippen molar-refractivity contribution in [1.29, 1.82) is 5.26 Å². The van der Waals surface area contributed by atoms with Gasteiger partial charge < -0.3 is 15.7 Å². The molecule has 5 nitrogen and oxygen atoms in total. The maximum atomic E-state index is 13.7. The first kappa shape index (κ1) is 27.8. The summed E-state index contributed by atoms with van der Waals surface area (Å²) in [5.41, 5.74) is 2.21. The van der Waals surface area contributed by atoms with Crippen LogP contribution in [0.15, 0.2) is 42.5 Å². The largest absolute Gasteiger partial charge is 0.390 e. The SMILES string of the molecule is CC(=O)N[C@@H](Cc1cc(F)cc(F)c1)[C@H](O)CNC1(c2cccc(C(C)(C)C)c2)CCC(C#N)CC1. The third kappa shape index (κ3) is 7.11. The Balaban J connectivity index is 1.84. The van der Waals surface area contributed by atoms with Crippen molar-refractivity contribution in [2.24, 2.45) is 5.92 Å². The van der Waals surface area contributed by atoms with E-state index in [0.717, 1.165) is 37.3 Å². The van der Waals surface area contributed by atoms with Crippen LogP contribution in [0.3, 0.4) is 0 Å². The fourth-order valence-electron chi connectivity index (χ4n) is 5.06. The second-order valence-corrected chi connectivity index (χ2v) is 11.1. The number of nitrogens with zero attached hydrogens (tertiary/aromatic N) is 1. The summed E-state index contributed by atoms with van der Waals surface area (Å²) in [6.45, 7) is 8.00. The normalized spacial score (nSPS) is 21.9. The number of amides is 1. The van der Waals surface area contributed by atoms with E-state index in [-0.39, 0.29) is 30.2 Å². The summed E-state index contributed by atoms with van der Waals surface area (Å²) in [6, 6.07) is 13.3. The Morgan fingerprint density at radius 1 is 1.17 bits per heavy atom. The first-order valence-corrected chi connectivity index (χ1v) is 12.6. The van der Waals surface area contributed by atoms with E-state index in [1.165, 1.54) is 24.6 Å². The zero-order valence-electron chi connectivity index (χ0n) is 21.6. The molecule has 2 aromatic rings. The highest BCUT2D eigenvalue weighted by Crippen LogP contribution is 2.40. The van der Waals surface area contributed by atoms with Crippen LogP contribution in [-0.4, -0.2) is 29.7 Å². The lowest BCUT2D eigenvalue weighted by molar-refractivity contribution is -0.120. The smallest absolute Gasteiger partial charge is 0.217 e. The molecule has 0 radical (unpaired) electrons. The number of carbonyl (C=O) groups is 1. The molecule has 7 heteroatoms. The van der Waals surface area contributed by atoms with Crippen LogP contribution in [0.4, 0.5) is 8.78 Å². The molecule has 0 aromatic heterocycles. The average Bonchev–Trinajstić information content (AvgIpc) is 2.81. The third-order valence-electron chi connectivity index (χ3n) is 7.18. The molecule has 36 heavy (non-hydrogen) atoms. The molecule has 1 aliphatic rings. The highest BCUT2D eigenvalue weighted by molar-refractivity contribution is 5.73. The van der Waals surface area contributed by atoms with E-state index in [1.54, 1.807) is 0 Å². The van der Waals surface area contributed by atoms with Crippen molar-refractivity contribution in [3.63, 3.8) is 0 Å². The maximum absolute atomic E-state index is 13.7. The first-order chi connectivity index (χ1) is 16.9. The highest BCUT2D eigenvalue weighted by Gasteiger charge is 2.38. The second kappa shape index (κ2) is 11.5. The Labute approximate surface area is 212 Å². The van der Waals surface area contributed by atoms with E-state index < -0.39 is 29.3 Å². The minimum atomic E-state index is -1.00. The number of hydrogen-bond donors (Lipinski definition) is 3. The van der Waals surface area contributed by atoms with Gasteiger partial charge in [-0.2, -0.15) is 5.26 Å². The molecule has 0 bridgehead atoms. The average molecular weight is 498 g/mol. The fraction of sp³-hybridized carbons (Fsp3) is 0.517. The molecule has 2 atom stereocenters. The summed E-state index contributed by atoms with van der Waals surface area (Å²) in [5, 5.41) is 26.9. The van der Waals surface area contributed by atoms with Crippen molar-refractivity contribution in [3.05, 3.63) is 70.8 Å². The molecule has 2 aromatic carbocycles. The van der Waals surface area contributed by atoms with Gasteiger partial charge >= 0.3 is 0 Å². The van der Waals surface area contributed by atoms with Crippen LogP contribution in [0.2, 0.25) is 0 Å². The molecule has 1 amide bonds. The van der Waals surface area contributed by atoms with Gasteiger partial charge in [-0.1, -0.05) is 45.0 Å². The lowest BCUT2D eigenvalue weighted by atomic mass is 9.71. The highest BCUT2D eigenvalue weighted by atomic mass is 19.1. The van der Waals surface area contributed by atoms with Crippen molar-refractivity contribution in [2.45, 2.75) is 82.9 Å². The second-order valence-electron chi connectivity index (χ2n) is 11.1. The summed E-state index contributed by atoms with van der Waals surface area (Å²) >= 11 is 0. The fourth-order valence-corrected chi connectivity index (χ4v) is 5.06. The van der Waals surface area contributed by atoms with E-state index >= 15 is 0 Å². The minimum Gasteiger partial charge on any atom is -0.390 e. The van der Waals surface area contributed by atoms with Crippen LogP contribution in [0.1, 0.15) is 70.1 Å². The van der Waals surface area contributed by atoms with Gasteiger partial charge in [0.05, 0.1) is 18.2 Å². The van der Waals surface area contributed by atoms with Gasteiger partial charge in [0.15, 0.2) is 0 Å². The molecule has 194 valence electrons. The molecule has 0 saturated heterocycles. The lowest BCUT2D eigenvalue weighted by Crippen LogP contribution is -2.53. The summed E-state index contributed by atoms with van der Waals surface area (Å²) < 4.78 is 27.4. The number of halogens is 2. The lowest BCUT2D eigenvalue weighted by Gasteiger charge is -2.42. The van der Waals surface area contributed by atoms with E-state index in [0.29, 0.717) is 5.56 Å². The molecule has 0 aliphatic heterocycles. The predicted octanol–water partition coefficient (Wildman–Crippen LogP) is 4.87. The Hall–Kier alpha value is -2.82. The van der Waals surface area contributed by atoms with E-state index in [4.69, 9.17) is 0 Å². The molecular formula is C29H37F2N3O2. The van der Waals surface area contributed by atoms with Crippen molar-refractivity contribution < 1.29 is 18.7 Å². The zero-order chi connectivity index (χ0) is 26.5. The van der Waals surface area contributed by atoms with Crippen LogP contribution >= 0.6 is 0 Å². The minimum absolute atomic E-state index is 0.00523. The van der Waals surface area contributed by atoms with Crippen molar-refractivity contribution >= 4 is 5.91 Å². The van der Waals surface area contributed by atoms with E-state index in [9.17, 15) is 23.9 Å². The number of nitriles is 1. The van der Waals surface area contributed by atoms with Crippen LogP contribution in [0, 0.1) is 28.9 Å². The summed E-state index contributed by atoms with van der Waals surface area (Å²) in [5.74, 6) is -1.74. The first-order valence-electron chi connectivity index (χ1n) is 12.6. The Kier molecular flexibility index (Phi) is 8.86. The number of hydrogen-bond acceptors (Lipinski definition) is 4. The molecule has 1 fully saturated rings. The standard InChI is InChI=1S/C29H37F2N3O2/c1-19(35)34-26(14-21-12-24(30)16-25(31)13-21)27(36)18-33-29(10-8-20(17-32)9-11-29)23-7-5-6-22(15-23)28(2,3)4/h5-7,12-13,15-16,20,26-27,33,36H,8-11,14,18H2,1-4H3,(H,34,35)/t20?,26-,27+,29?/m0/s1. The summed E-state index contributed by atoms with van der Waals surface area (Å²) in [4.78, 5) is 11.9. The topological polar surface area (TPSA) is 85.2 Å². The Morgan fingerprint density at radius 3 is 2.36 bits per heavy atom. The van der Waals surface area contributed by atoms with Gasteiger partial charge in [0.25, 0.3) is 0 Å². The van der Waals surface area contributed by atoms with Gasteiger partial charge in [-0.3, -0.25) is 4.79 Å². The number of aliphatic hydroxyl groups excluding tert-OH is 1. The van der Waals surface area contributed by atoms with Gasteiger partial charge in [0.2, 0.25) is 5.91 Å². The van der Waals surface area contributed by atoms with Gasteiger partial charge in [0, 0.05) is 31.0 Å². The van der Waals surface area contributed by atoms with Crippen LogP contribution in [-0.2, 0) is 22.2 Å². The maximum Gasteiger partial charge on any atom is 0.217 e. The monoisotopic (exact) mass is 497 g/mol. The summed E-state index contributed by atoms with van der Waals surface area (Å²) in [6.07, 6.45) is 2.06. The van der Waals surface area contributed by atoms with Crippen molar-refractivity contribution in [1.82, 2.24) is 10.6 Å². The zero-order valence-corrected chi connectivity index (χ0v) is 21.6. The number of carbonyl (C=O) groups excluding carboxylic acids is 1. The molecule has 0 heterocycles. The number of aliphatic hydroxyl groups is 1. The van der Waals surface area contributed by atoms with Gasteiger partial charge in [-0.25, -0.2) is 8.78 Å². The van der Waals surface area contributed by atoms with Gasteiger partial charge in [0.1, 0.15) is 11.6 Å². The van der Waals surface area contributed by atoms with Crippen LogP contribution in [0.25, 0.3) is 0 Å². The van der Waals surface area contributed by atoms with Gasteiger partial charge in [-0.15, -0.1) is 0 Å².